The van der Waals surface area contributed by atoms with Crippen LogP contribution < -0.4 is 0 Å². The van der Waals surface area contributed by atoms with Crippen LogP contribution in [-0.4, -0.2) is 112 Å². The third-order valence-corrected chi connectivity index (χ3v) is 3.46. The number of hydrogen-bond acceptors (Lipinski definition) is 9. The van der Waals surface area contributed by atoms with Crippen LogP contribution in [0.5, 0.6) is 5.75 Å². The van der Waals surface area contributed by atoms with Crippen LogP contribution in [0.3, 0.4) is 0 Å². The predicted molar refractivity (Wildman–Crippen MR) is 103 cm³/mol. The topological polar surface area (TPSA) is 202 Å². The molecule has 0 atom stereocenters. The van der Waals surface area contributed by atoms with Gasteiger partial charge in [0.1, 0.15) is 5.75 Å². The van der Waals surface area contributed by atoms with Crippen LogP contribution in [0.4, 0.5) is 0 Å². The number of aromatic hydroxyl groups is 1. The number of phenolic OH excluding ortho intramolecular Hbond substituents is 1. The summed E-state index contributed by atoms with van der Waals surface area (Å²) in [6, 6.07) is 5.88. The zero-order valence-corrected chi connectivity index (χ0v) is 16.6. The first-order valence-corrected chi connectivity index (χ1v) is 8.63. The van der Waals surface area contributed by atoms with E-state index in [1.807, 2.05) is 0 Å². The number of methoxy groups -OCH3 is 1. The van der Waals surface area contributed by atoms with Gasteiger partial charge in [0.05, 0.1) is 38.9 Å². The molecule has 172 valence electrons. The number of aliphatic carboxylic acids is 4. The molecular weight excluding hydrogens is 420 g/mol. The van der Waals surface area contributed by atoms with Crippen LogP contribution in [0, 0.1) is 0 Å². The molecule has 1 aromatic rings. The van der Waals surface area contributed by atoms with Gasteiger partial charge in [-0.05, 0) is 24.3 Å². The molecule has 0 heterocycles. The van der Waals surface area contributed by atoms with E-state index >= 15 is 0 Å². The molecule has 0 radical (unpaired) electrons. The van der Waals surface area contributed by atoms with E-state index in [-0.39, 0.29) is 18.8 Å². The van der Waals surface area contributed by atoms with E-state index in [4.69, 9.17) is 25.5 Å². The van der Waals surface area contributed by atoms with Crippen molar-refractivity contribution in [2.75, 3.05) is 46.4 Å². The van der Waals surface area contributed by atoms with Crippen molar-refractivity contribution < 1.29 is 54.2 Å². The standard InChI is InChI=1S/C10H16N2O8.C8H8O3/c13-7(14)3-11(4-8(15)16)1-2-12(5-9(17)18)6-10(19)20;1-11-8(10)6-2-4-7(9)5-3-6/h1-6H2,(H,13,14)(H,15,16)(H,17,18)(H,19,20);2-5,9H,1H3. The van der Waals surface area contributed by atoms with Crippen molar-refractivity contribution in [3.63, 3.8) is 0 Å². The Kier molecular flexibility index (Phi) is 12.6. The Morgan fingerprint density at radius 3 is 1.29 bits per heavy atom. The minimum Gasteiger partial charge on any atom is -0.508 e. The second-order valence-electron chi connectivity index (χ2n) is 6.03. The third kappa shape index (κ3) is 14.0. The summed E-state index contributed by atoms with van der Waals surface area (Å²) in [4.78, 5) is 55.2. The number of carboxylic acids is 4. The fourth-order valence-electron chi connectivity index (χ4n) is 2.19. The van der Waals surface area contributed by atoms with Crippen molar-refractivity contribution in [2.45, 2.75) is 0 Å². The predicted octanol–water partition coefficient (Wildman–Crippen LogP) is -0.892. The first-order chi connectivity index (χ1) is 14.4. The molecule has 1 aromatic carbocycles. The lowest BCUT2D eigenvalue weighted by Gasteiger charge is -2.23. The number of benzene rings is 1. The quantitative estimate of drug-likeness (QED) is 0.249. The summed E-state index contributed by atoms with van der Waals surface area (Å²) in [7, 11) is 1.31. The molecule has 0 aliphatic heterocycles. The molecule has 5 N–H and O–H groups in total. The number of carbonyl (C=O) groups excluding carboxylic acids is 1. The van der Waals surface area contributed by atoms with Gasteiger partial charge >= 0.3 is 29.8 Å². The van der Waals surface area contributed by atoms with Crippen molar-refractivity contribution in [3.8, 4) is 5.75 Å². The number of carbonyl (C=O) groups is 5. The molecule has 0 saturated carbocycles. The van der Waals surface area contributed by atoms with Gasteiger partial charge in [-0.15, -0.1) is 0 Å². The van der Waals surface area contributed by atoms with Crippen molar-refractivity contribution >= 4 is 29.8 Å². The highest BCUT2D eigenvalue weighted by Gasteiger charge is 2.18. The maximum absolute atomic E-state index is 10.8. The van der Waals surface area contributed by atoms with Crippen molar-refractivity contribution in [1.29, 1.82) is 0 Å². The number of hydrogen-bond donors (Lipinski definition) is 5. The molecule has 0 aromatic heterocycles. The second kappa shape index (κ2) is 14.3. The number of rotatable bonds is 12. The summed E-state index contributed by atoms with van der Waals surface area (Å²) < 4.78 is 4.46. The van der Waals surface area contributed by atoms with Crippen LogP contribution in [0.25, 0.3) is 0 Å². The van der Waals surface area contributed by atoms with E-state index in [0.29, 0.717) is 5.56 Å². The van der Waals surface area contributed by atoms with E-state index in [1.165, 1.54) is 31.4 Å². The lowest BCUT2D eigenvalue weighted by atomic mass is 10.2. The van der Waals surface area contributed by atoms with Gasteiger partial charge in [-0.1, -0.05) is 0 Å². The molecule has 0 saturated heterocycles. The molecule has 0 aliphatic carbocycles. The number of carboxylic acid groups (broad SMARTS) is 4. The van der Waals surface area contributed by atoms with Crippen molar-refractivity contribution in [3.05, 3.63) is 29.8 Å². The Balaban J connectivity index is 0.000000683. The van der Waals surface area contributed by atoms with Crippen molar-refractivity contribution in [1.82, 2.24) is 9.80 Å². The van der Waals surface area contributed by atoms with Crippen LogP contribution in [0.2, 0.25) is 0 Å². The number of ether oxygens (including phenoxy) is 1. The molecular formula is C18H24N2O11. The minimum absolute atomic E-state index is 0.0703. The highest BCUT2D eigenvalue weighted by atomic mass is 16.5. The summed E-state index contributed by atoms with van der Waals surface area (Å²) in [6.07, 6.45) is 0. The zero-order valence-electron chi connectivity index (χ0n) is 16.6. The van der Waals surface area contributed by atoms with E-state index in [1.54, 1.807) is 0 Å². The molecule has 13 heteroatoms. The SMILES string of the molecule is COC(=O)c1ccc(O)cc1.O=C(O)CN(CCN(CC(=O)O)CC(=O)O)CC(=O)O. The van der Waals surface area contributed by atoms with Gasteiger partial charge < -0.3 is 30.3 Å². The average Bonchev–Trinajstić information content (AvgIpc) is 2.64. The maximum atomic E-state index is 10.8. The summed E-state index contributed by atoms with van der Waals surface area (Å²) in [6.45, 7) is -2.25. The molecule has 0 amide bonds. The van der Waals surface area contributed by atoms with E-state index in [9.17, 15) is 24.0 Å². The average molecular weight is 444 g/mol. The monoisotopic (exact) mass is 444 g/mol. The Morgan fingerprint density at radius 1 is 0.710 bits per heavy atom. The Labute approximate surface area is 176 Å². The summed E-state index contributed by atoms with van der Waals surface area (Å²) in [5, 5.41) is 43.3. The summed E-state index contributed by atoms with van der Waals surface area (Å²) in [5.74, 6) is -5.17. The first-order valence-electron chi connectivity index (χ1n) is 8.63. The van der Waals surface area contributed by atoms with Gasteiger partial charge in [0.2, 0.25) is 0 Å². The minimum atomic E-state index is -1.23. The number of esters is 1. The largest absolute Gasteiger partial charge is 0.508 e. The molecule has 0 unspecified atom stereocenters. The fraction of sp³-hybridized carbons (Fsp3) is 0.389. The fourth-order valence-corrected chi connectivity index (χ4v) is 2.19. The molecule has 0 fully saturated rings. The Bertz CT molecular complexity index is 696. The molecule has 31 heavy (non-hydrogen) atoms. The molecule has 0 aliphatic rings. The Hall–Kier alpha value is -3.71. The van der Waals surface area contributed by atoms with E-state index in [2.05, 4.69) is 4.74 Å². The molecule has 1 rings (SSSR count). The lowest BCUT2D eigenvalue weighted by Crippen LogP contribution is -2.43. The highest BCUT2D eigenvalue weighted by Crippen LogP contribution is 2.09. The van der Waals surface area contributed by atoms with E-state index in [0.717, 1.165) is 9.80 Å². The number of phenols is 1. The van der Waals surface area contributed by atoms with Gasteiger partial charge in [-0.3, -0.25) is 29.0 Å². The normalized spacial score (nSPS) is 10.2. The highest BCUT2D eigenvalue weighted by molar-refractivity contribution is 5.89. The van der Waals surface area contributed by atoms with Gasteiger partial charge in [0.15, 0.2) is 0 Å². The van der Waals surface area contributed by atoms with Crippen LogP contribution in [0.1, 0.15) is 10.4 Å². The maximum Gasteiger partial charge on any atom is 0.337 e. The van der Waals surface area contributed by atoms with Crippen LogP contribution in [-0.2, 0) is 23.9 Å². The molecule has 13 nitrogen and oxygen atoms in total. The smallest absolute Gasteiger partial charge is 0.337 e. The Morgan fingerprint density at radius 2 is 1.03 bits per heavy atom. The summed E-state index contributed by atoms with van der Waals surface area (Å²) >= 11 is 0. The first kappa shape index (κ1) is 27.3. The van der Waals surface area contributed by atoms with Crippen LogP contribution >= 0.6 is 0 Å². The van der Waals surface area contributed by atoms with Crippen LogP contribution in [0.15, 0.2) is 24.3 Å². The van der Waals surface area contributed by atoms with Gasteiger partial charge in [0, 0.05) is 13.1 Å². The third-order valence-electron chi connectivity index (χ3n) is 3.46. The van der Waals surface area contributed by atoms with Crippen molar-refractivity contribution in [2.24, 2.45) is 0 Å². The van der Waals surface area contributed by atoms with Gasteiger partial charge in [-0.2, -0.15) is 0 Å². The van der Waals surface area contributed by atoms with E-state index < -0.39 is 56.0 Å². The number of nitrogens with zero attached hydrogens (tertiary/aromatic N) is 2. The van der Waals surface area contributed by atoms with Gasteiger partial charge in [-0.25, -0.2) is 4.79 Å². The second-order valence-corrected chi connectivity index (χ2v) is 6.03. The molecule has 0 spiro atoms. The summed E-state index contributed by atoms with van der Waals surface area (Å²) in [5.41, 5.74) is 0.435. The lowest BCUT2D eigenvalue weighted by molar-refractivity contribution is -0.145. The zero-order chi connectivity index (χ0) is 24.0. The van der Waals surface area contributed by atoms with Gasteiger partial charge in [0.25, 0.3) is 0 Å². The molecule has 0 bridgehead atoms.